The van der Waals surface area contributed by atoms with Gasteiger partial charge in [0.15, 0.2) is 0 Å². The molecule has 1 atom stereocenters. The Morgan fingerprint density at radius 1 is 1.10 bits per heavy atom. The van der Waals surface area contributed by atoms with Crippen molar-refractivity contribution >= 4 is 5.97 Å². The van der Waals surface area contributed by atoms with Gasteiger partial charge in [-0.2, -0.15) is 0 Å². The van der Waals surface area contributed by atoms with Gasteiger partial charge in [-0.05, 0) is 25.0 Å². The van der Waals surface area contributed by atoms with Crippen LogP contribution in [0.3, 0.4) is 0 Å². The predicted octanol–water partition coefficient (Wildman–Crippen LogP) is 3.36. The third kappa shape index (κ3) is 2.32. The van der Waals surface area contributed by atoms with Crippen LogP contribution in [0.5, 0.6) is 0 Å². The fourth-order valence-electron chi connectivity index (χ4n) is 2.47. The second kappa shape index (κ2) is 5.88. The van der Waals surface area contributed by atoms with Crippen LogP contribution in [-0.2, 0) is 15.1 Å². The maximum Gasteiger partial charge on any atom is 0.345 e. The number of ether oxygens (including phenoxy) is 1. The number of rotatable bonds is 5. The first-order valence-electron chi connectivity index (χ1n) is 6.62. The summed E-state index contributed by atoms with van der Waals surface area (Å²) in [6, 6.07) is 16.5. The van der Waals surface area contributed by atoms with Gasteiger partial charge in [-0.15, -0.1) is 0 Å². The molecule has 0 bridgehead atoms. The third-order valence-electron chi connectivity index (χ3n) is 3.37. The maximum absolute atomic E-state index is 12.0. The molecule has 0 radical (unpaired) electrons. The largest absolute Gasteiger partial charge is 0.479 e. The number of aryl methyl sites for hydroxylation is 1. The molecule has 0 saturated heterocycles. The van der Waals surface area contributed by atoms with Crippen molar-refractivity contribution in [1.29, 1.82) is 0 Å². The Morgan fingerprint density at radius 2 is 1.70 bits per heavy atom. The van der Waals surface area contributed by atoms with Gasteiger partial charge in [0.2, 0.25) is 5.60 Å². The molecule has 104 valence electrons. The monoisotopic (exact) mass is 270 g/mol. The number of hydrogen-bond donors (Lipinski definition) is 1. The summed E-state index contributed by atoms with van der Waals surface area (Å²) in [6.07, 6.45) is 0. The van der Waals surface area contributed by atoms with Crippen molar-refractivity contribution in [2.24, 2.45) is 0 Å². The van der Waals surface area contributed by atoms with Crippen LogP contribution in [0.2, 0.25) is 0 Å². The summed E-state index contributed by atoms with van der Waals surface area (Å²) < 4.78 is 5.74. The van der Waals surface area contributed by atoms with Crippen molar-refractivity contribution in [2.45, 2.75) is 19.4 Å². The van der Waals surface area contributed by atoms with Gasteiger partial charge >= 0.3 is 5.97 Å². The number of carboxylic acids is 1. The Balaban J connectivity index is 2.72. The van der Waals surface area contributed by atoms with E-state index in [1.165, 1.54) is 0 Å². The van der Waals surface area contributed by atoms with Crippen LogP contribution in [0.25, 0.3) is 0 Å². The zero-order chi connectivity index (χ0) is 14.6. The third-order valence-corrected chi connectivity index (χ3v) is 3.37. The number of carbonyl (C=O) groups is 1. The molecule has 2 aromatic rings. The van der Waals surface area contributed by atoms with Crippen LogP contribution in [0, 0.1) is 6.92 Å². The topological polar surface area (TPSA) is 46.5 Å². The zero-order valence-electron chi connectivity index (χ0n) is 11.7. The Bertz CT molecular complexity index is 592. The van der Waals surface area contributed by atoms with E-state index in [-0.39, 0.29) is 0 Å². The fourth-order valence-corrected chi connectivity index (χ4v) is 2.47. The summed E-state index contributed by atoms with van der Waals surface area (Å²) >= 11 is 0. The molecule has 2 rings (SSSR count). The molecule has 20 heavy (non-hydrogen) atoms. The first kappa shape index (κ1) is 14.3. The average Bonchev–Trinajstić information content (AvgIpc) is 2.46. The second-order valence-electron chi connectivity index (χ2n) is 4.60. The molecular weight excluding hydrogens is 252 g/mol. The van der Waals surface area contributed by atoms with Crippen molar-refractivity contribution in [2.75, 3.05) is 6.61 Å². The Hall–Kier alpha value is -2.13. The van der Waals surface area contributed by atoms with Crippen molar-refractivity contribution in [3.63, 3.8) is 0 Å². The van der Waals surface area contributed by atoms with E-state index in [0.717, 1.165) is 5.56 Å². The van der Waals surface area contributed by atoms with Gasteiger partial charge < -0.3 is 9.84 Å². The molecule has 0 heterocycles. The summed E-state index contributed by atoms with van der Waals surface area (Å²) in [5.41, 5.74) is 0.734. The Labute approximate surface area is 118 Å². The van der Waals surface area contributed by atoms with Gasteiger partial charge in [0.25, 0.3) is 0 Å². The molecule has 0 aromatic heterocycles. The highest BCUT2D eigenvalue weighted by Crippen LogP contribution is 2.36. The van der Waals surface area contributed by atoms with Crippen LogP contribution in [0.15, 0.2) is 54.6 Å². The predicted molar refractivity (Wildman–Crippen MR) is 77.7 cm³/mol. The van der Waals surface area contributed by atoms with Crippen LogP contribution in [-0.4, -0.2) is 17.7 Å². The zero-order valence-corrected chi connectivity index (χ0v) is 11.7. The molecule has 3 heteroatoms. The molecule has 0 aliphatic heterocycles. The lowest BCUT2D eigenvalue weighted by Crippen LogP contribution is -2.40. The van der Waals surface area contributed by atoms with Crippen molar-refractivity contribution < 1.29 is 14.6 Å². The maximum atomic E-state index is 12.0. The van der Waals surface area contributed by atoms with E-state index in [2.05, 4.69) is 0 Å². The molecule has 0 aliphatic carbocycles. The molecular formula is C17H18O3. The van der Waals surface area contributed by atoms with E-state index in [9.17, 15) is 9.90 Å². The van der Waals surface area contributed by atoms with Gasteiger partial charge in [-0.1, -0.05) is 54.6 Å². The fraction of sp³-hybridized carbons (Fsp3) is 0.235. The Kier molecular flexibility index (Phi) is 4.20. The molecule has 0 spiro atoms. The normalized spacial score (nSPS) is 13.7. The minimum Gasteiger partial charge on any atom is -0.479 e. The Morgan fingerprint density at radius 3 is 2.25 bits per heavy atom. The van der Waals surface area contributed by atoms with E-state index in [0.29, 0.717) is 17.7 Å². The van der Waals surface area contributed by atoms with Crippen LogP contribution in [0.4, 0.5) is 0 Å². The van der Waals surface area contributed by atoms with Crippen LogP contribution in [0.1, 0.15) is 23.6 Å². The van der Waals surface area contributed by atoms with E-state index >= 15 is 0 Å². The summed E-state index contributed by atoms with van der Waals surface area (Å²) in [4.78, 5) is 12.0. The molecule has 2 aromatic carbocycles. The molecule has 0 aliphatic rings. The lowest BCUT2D eigenvalue weighted by atomic mass is 9.83. The van der Waals surface area contributed by atoms with E-state index < -0.39 is 11.6 Å². The second-order valence-corrected chi connectivity index (χ2v) is 4.60. The highest BCUT2D eigenvalue weighted by Gasteiger charge is 2.44. The first-order valence-corrected chi connectivity index (χ1v) is 6.62. The SMILES string of the molecule is CCOC(C(=O)O)(c1ccccc1)c1ccccc1C. The summed E-state index contributed by atoms with van der Waals surface area (Å²) in [5.74, 6) is -1.00. The highest BCUT2D eigenvalue weighted by molar-refractivity contribution is 5.84. The number of hydrogen-bond acceptors (Lipinski definition) is 2. The summed E-state index contributed by atoms with van der Waals surface area (Å²) in [7, 11) is 0. The van der Waals surface area contributed by atoms with Gasteiger partial charge in [0.05, 0.1) is 0 Å². The van der Waals surface area contributed by atoms with E-state index in [1.54, 1.807) is 19.1 Å². The summed E-state index contributed by atoms with van der Waals surface area (Å²) in [5, 5.41) is 9.86. The van der Waals surface area contributed by atoms with Crippen LogP contribution >= 0.6 is 0 Å². The first-order chi connectivity index (χ1) is 9.63. The number of carboxylic acid groups (broad SMARTS) is 1. The molecule has 1 N–H and O–H groups in total. The van der Waals surface area contributed by atoms with Crippen molar-refractivity contribution in [3.05, 3.63) is 71.3 Å². The average molecular weight is 270 g/mol. The van der Waals surface area contributed by atoms with Crippen LogP contribution < -0.4 is 0 Å². The van der Waals surface area contributed by atoms with Crippen molar-refractivity contribution in [1.82, 2.24) is 0 Å². The van der Waals surface area contributed by atoms with Gasteiger partial charge in [-0.3, -0.25) is 0 Å². The molecule has 0 fully saturated rings. The standard InChI is InChI=1S/C17H18O3/c1-3-20-17(16(18)19,14-10-5-4-6-11-14)15-12-8-7-9-13(15)2/h4-12H,3H2,1-2H3,(H,18,19). The minimum absolute atomic E-state index is 0.315. The quantitative estimate of drug-likeness (QED) is 0.906. The van der Waals surface area contributed by atoms with Gasteiger partial charge in [-0.25, -0.2) is 4.79 Å². The summed E-state index contributed by atoms with van der Waals surface area (Å²) in [6.45, 7) is 4.02. The lowest BCUT2D eigenvalue weighted by Gasteiger charge is -2.31. The van der Waals surface area contributed by atoms with Gasteiger partial charge in [0, 0.05) is 12.2 Å². The van der Waals surface area contributed by atoms with Crippen molar-refractivity contribution in [3.8, 4) is 0 Å². The minimum atomic E-state index is -1.46. The number of aliphatic carboxylic acids is 1. The lowest BCUT2D eigenvalue weighted by molar-refractivity contribution is -0.161. The molecule has 3 nitrogen and oxygen atoms in total. The molecule has 1 unspecified atom stereocenters. The highest BCUT2D eigenvalue weighted by atomic mass is 16.5. The molecule has 0 saturated carbocycles. The van der Waals surface area contributed by atoms with E-state index in [4.69, 9.17) is 4.74 Å². The molecule has 0 amide bonds. The van der Waals surface area contributed by atoms with Gasteiger partial charge in [0.1, 0.15) is 0 Å². The van der Waals surface area contributed by atoms with E-state index in [1.807, 2.05) is 49.4 Å². The number of benzene rings is 2. The smallest absolute Gasteiger partial charge is 0.345 e.